The van der Waals surface area contributed by atoms with Crippen LogP contribution in [0.3, 0.4) is 0 Å². The van der Waals surface area contributed by atoms with Gasteiger partial charge in [-0.1, -0.05) is 33.1 Å². The zero-order valence-electron chi connectivity index (χ0n) is 11.6. The van der Waals surface area contributed by atoms with Crippen LogP contribution in [0.1, 0.15) is 58.8 Å². The molecule has 1 aliphatic heterocycles. The van der Waals surface area contributed by atoms with Crippen LogP contribution in [0, 0.1) is 0 Å². The molecule has 0 bridgehead atoms. The Bertz CT molecular complexity index is 230. The number of carbonyl (C=O) groups is 1. The molecule has 1 saturated heterocycles. The van der Waals surface area contributed by atoms with Gasteiger partial charge in [0.15, 0.2) is 0 Å². The van der Waals surface area contributed by atoms with Crippen LogP contribution in [0.25, 0.3) is 0 Å². The van der Waals surface area contributed by atoms with Gasteiger partial charge in [0.2, 0.25) is 0 Å². The Kier molecular flexibility index (Phi) is 6.56. The standard InChI is InChI=1S/C14H27NO2/c1-4-6-10-13(14(16)17-3)15-11-8-7-9-12(15)5-2/h12-13H,4-11H2,1-3H3. The number of hydrogen-bond donors (Lipinski definition) is 0. The maximum Gasteiger partial charge on any atom is 0.323 e. The number of esters is 1. The molecule has 1 fully saturated rings. The first kappa shape index (κ1) is 14.5. The van der Waals surface area contributed by atoms with Crippen molar-refractivity contribution in [3.8, 4) is 0 Å². The Morgan fingerprint density at radius 1 is 1.41 bits per heavy atom. The fourth-order valence-electron chi connectivity index (χ4n) is 2.82. The predicted molar refractivity (Wildman–Crippen MR) is 70.0 cm³/mol. The maximum absolute atomic E-state index is 11.9. The van der Waals surface area contributed by atoms with Crippen molar-refractivity contribution in [2.45, 2.75) is 70.9 Å². The number of methoxy groups -OCH3 is 1. The van der Waals surface area contributed by atoms with E-state index < -0.39 is 0 Å². The highest BCUT2D eigenvalue weighted by molar-refractivity contribution is 5.75. The van der Waals surface area contributed by atoms with E-state index in [1.807, 2.05) is 0 Å². The van der Waals surface area contributed by atoms with Crippen LogP contribution in [0.5, 0.6) is 0 Å². The summed E-state index contributed by atoms with van der Waals surface area (Å²) in [4.78, 5) is 14.3. The summed E-state index contributed by atoms with van der Waals surface area (Å²) in [6.07, 6.45) is 8.08. The Morgan fingerprint density at radius 2 is 2.18 bits per heavy atom. The Balaban J connectivity index is 2.68. The van der Waals surface area contributed by atoms with Gasteiger partial charge in [-0.2, -0.15) is 0 Å². The van der Waals surface area contributed by atoms with Crippen LogP contribution in [0.4, 0.5) is 0 Å². The third kappa shape index (κ3) is 3.98. The van der Waals surface area contributed by atoms with Crippen molar-refractivity contribution in [2.75, 3.05) is 13.7 Å². The number of carbonyl (C=O) groups excluding carboxylic acids is 1. The summed E-state index contributed by atoms with van der Waals surface area (Å²) in [5, 5.41) is 0. The zero-order chi connectivity index (χ0) is 12.7. The molecule has 0 aliphatic carbocycles. The summed E-state index contributed by atoms with van der Waals surface area (Å²) in [6, 6.07) is 0.565. The van der Waals surface area contributed by atoms with E-state index in [1.54, 1.807) is 0 Å². The molecular formula is C14H27NO2. The van der Waals surface area contributed by atoms with Crippen LogP contribution in [-0.4, -0.2) is 36.6 Å². The second kappa shape index (κ2) is 7.70. The highest BCUT2D eigenvalue weighted by Gasteiger charge is 2.32. The number of unbranched alkanes of at least 4 members (excludes halogenated alkanes) is 1. The molecule has 1 rings (SSSR count). The second-order valence-electron chi connectivity index (χ2n) is 4.98. The molecule has 100 valence electrons. The molecule has 0 N–H and O–H groups in total. The van der Waals surface area contributed by atoms with Crippen molar-refractivity contribution in [3.05, 3.63) is 0 Å². The lowest BCUT2D eigenvalue weighted by molar-refractivity contribution is -0.149. The van der Waals surface area contributed by atoms with Crippen molar-refractivity contribution < 1.29 is 9.53 Å². The molecule has 0 spiro atoms. The first-order valence-electron chi connectivity index (χ1n) is 7.08. The largest absolute Gasteiger partial charge is 0.468 e. The number of nitrogens with zero attached hydrogens (tertiary/aromatic N) is 1. The molecule has 17 heavy (non-hydrogen) atoms. The summed E-state index contributed by atoms with van der Waals surface area (Å²) < 4.78 is 4.97. The van der Waals surface area contributed by atoms with Crippen molar-refractivity contribution >= 4 is 5.97 Å². The monoisotopic (exact) mass is 241 g/mol. The lowest BCUT2D eigenvalue weighted by atomic mass is 9.96. The van der Waals surface area contributed by atoms with Gasteiger partial charge in [0.25, 0.3) is 0 Å². The molecule has 3 heteroatoms. The Hall–Kier alpha value is -0.570. The minimum absolute atomic E-state index is 0.00907. The van der Waals surface area contributed by atoms with Gasteiger partial charge in [-0.25, -0.2) is 0 Å². The third-order valence-electron chi connectivity index (χ3n) is 3.85. The quantitative estimate of drug-likeness (QED) is 0.670. The lowest BCUT2D eigenvalue weighted by Crippen LogP contribution is -2.50. The second-order valence-corrected chi connectivity index (χ2v) is 4.98. The summed E-state index contributed by atoms with van der Waals surface area (Å²) in [5.41, 5.74) is 0. The highest BCUT2D eigenvalue weighted by atomic mass is 16.5. The minimum atomic E-state index is -0.0428. The first-order valence-corrected chi connectivity index (χ1v) is 7.08. The molecule has 0 amide bonds. The van der Waals surface area contributed by atoms with E-state index in [0.717, 1.165) is 32.2 Å². The van der Waals surface area contributed by atoms with Crippen LogP contribution in [0.2, 0.25) is 0 Å². The summed E-state index contributed by atoms with van der Waals surface area (Å²) in [5.74, 6) is -0.0428. The number of hydrogen-bond acceptors (Lipinski definition) is 3. The Morgan fingerprint density at radius 3 is 2.76 bits per heavy atom. The van der Waals surface area contributed by atoms with Gasteiger partial charge in [-0.3, -0.25) is 9.69 Å². The van der Waals surface area contributed by atoms with E-state index in [-0.39, 0.29) is 12.0 Å². The van der Waals surface area contributed by atoms with Crippen molar-refractivity contribution in [3.63, 3.8) is 0 Å². The number of likely N-dealkylation sites (tertiary alicyclic amines) is 1. The van der Waals surface area contributed by atoms with Gasteiger partial charge >= 0.3 is 5.97 Å². The van der Waals surface area contributed by atoms with E-state index in [4.69, 9.17) is 4.74 Å². The Labute approximate surface area is 106 Å². The topological polar surface area (TPSA) is 29.5 Å². The van der Waals surface area contributed by atoms with E-state index >= 15 is 0 Å². The third-order valence-corrected chi connectivity index (χ3v) is 3.85. The van der Waals surface area contributed by atoms with Crippen LogP contribution in [-0.2, 0) is 9.53 Å². The smallest absolute Gasteiger partial charge is 0.323 e. The molecule has 0 saturated carbocycles. The normalized spacial score (nSPS) is 23.4. The van der Waals surface area contributed by atoms with Gasteiger partial charge in [0, 0.05) is 6.04 Å². The SMILES string of the molecule is CCCCC(C(=O)OC)N1CCCCC1CC. The number of rotatable bonds is 6. The van der Waals surface area contributed by atoms with Crippen molar-refractivity contribution in [2.24, 2.45) is 0 Å². The van der Waals surface area contributed by atoms with Gasteiger partial charge < -0.3 is 4.74 Å². The van der Waals surface area contributed by atoms with Gasteiger partial charge in [0.1, 0.15) is 6.04 Å². The molecule has 0 aromatic rings. The molecule has 1 heterocycles. The summed E-state index contributed by atoms with van der Waals surface area (Å²) in [6.45, 7) is 5.45. The molecule has 0 aromatic carbocycles. The van der Waals surface area contributed by atoms with Crippen LogP contribution < -0.4 is 0 Å². The van der Waals surface area contributed by atoms with E-state index in [1.165, 1.54) is 26.4 Å². The van der Waals surface area contributed by atoms with Crippen LogP contribution in [0.15, 0.2) is 0 Å². The molecule has 2 atom stereocenters. The number of ether oxygens (including phenoxy) is 1. The van der Waals surface area contributed by atoms with Gasteiger partial charge in [0.05, 0.1) is 7.11 Å². The van der Waals surface area contributed by atoms with Gasteiger partial charge in [-0.15, -0.1) is 0 Å². The predicted octanol–water partition coefficient (Wildman–Crippen LogP) is 2.98. The lowest BCUT2D eigenvalue weighted by Gasteiger charge is -2.39. The molecular weight excluding hydrogens is 214 g/mol. The highest BCUT2D eigenvalue weighted by Crippen LogP contribution is 2.24. The van der Waals surface area contributed by atoms with E-state index in [2.05, 4.69) is 18.7 Å². The van der Waals surface area contributed by atoms with Crippen molar-refractivity contribution in [1.82, 2.24) is 4.90 Å². The average molecular weight is 241 g/mol. The number of piperidine rings is 1. The molecule has 1 aliphatic rings. The van der Waals surface area contributed by atoms with Gasteiger partial charge in [-0.05, 0) is 32.2 Å². The molecule has 0 aromatic heterocycles. The molecule has 0 radical (unpaired) electrons. The summed E-state index contributed by atoms with van der Waals surface area (Å²) >= 11 is 0. The summed E-state index contributed by atoms with van der Waals surface area (Å²) in [7, 11) is 1.51. The average Bonchev–Trinajstić information content (AvgIpc) is 2.39. The van der Waals surface area contributed by atoms with Crippen LogP contribution >= 0.6 is 0 Å². The minimum Gasteiger partial charge on any atom is -0.468 e. The zero-order valence-corrected chi connectivity index (χ0v) is 11.6. The molecule has 3 nitrogen and oxygen atoms in total. The van der Waals surface area contributed by atoms with Crippen molar-refractivity contribution in [1.29, 1.82) is 0 Å². The van der Waals surface area contributed by atoms with E-state index in [9.17, 15) is 4.79 Å². The fraction of sp³-hybridized carbons (Fsp3) is 0.929. The fourth-order valence-corrected chi connectivity index (χ4v) is 2.82. The van der Waals surface area contributed by atoms with E-state index in [0.29, 0.717) is 6.04 Å². The first-order chi connectivity index (χ1) is 8.24. The maximum atomic E-state index is 11.9. The molecule has 2 unspecified atom stereocenters.